The monoisotopic (exact) mass is 232 g/mol. The van der Waals surface area contributed by atoms with Crippen LogP contribution in [0.15, 0.2) is 24.8 Å². The minimum atomic E-state index is 0.715. The molecule has 0 spiro atoms. The Labute approximate surface area is 103 Å². The number of hydrogen-bond acceptors (Lipinski definition) is 1. The number of rotatable bonds is 2. The zero-order chi connectivity index (χ0) is 11.5. The molecule has 1 aliphatic rings. The molecule has 0 aromatic heterocycles. The molecule has 0 heterocycles. The summed E-state index contributed by atoms with van der Waals surface area (Å²) in [5.74, 6) is 0.715. The second kappa shape index (κ2) is 5.09. The average molecular weight is 232 g/mol. The highest BCUT2D eigenvalue weighted by molar-refractivity contribution is 8.07. The van der Waals surface area contributed by atoms with E-state index >= 15 is 0 Å². The molecule has 1 aromatic carbocycles. The van der Waals surface area contributed by atoms with Crippen LogP contribution in [0.25, 0.3) is 4.91 Å². The maximum atomic E-state index is 4.10. The van der Waals surface area contributed by atoms with Gasteiger partial charge in [0.25, 0.3) is 0 Å². The van der Waals surface area contributed by atoms with Crippen LogP contribution in [0.5, 0.6) is 0 Å². The lowest BCUT2D eigenvalue weighted by Crippen LogP contribution is -1.97. The molecule has 1 aliphatic carbocycles. The second-order valence-corrected chi connectivity index (χ2v) is 5.59. The van der Waals surface area contributed by atoms with Gasteiger partial charge in [0.15, 0.2) is 0 Å². The van der Waals surface area contributed by atoms with Gasteiger partial charge in [0.1, 0.15) is 0 Å². The van der Waals surface area contributed by atoms with E-state index in [1.54, 1.807) is 22.9 Å². The molecule has 0 saturated heterocycles. The summed E-state index contributed by atoms with van der Waals surface area (Å²) < 4.78 is 0. The highest BCUT2D eigenvalue weighted by Crippen LogP contribution is 2.33. The summed E-state index contributed by atoms with van der Waals surface area (Å²) in [6.45, 7) is 6.46. The van der Waals surface area contributed by atoms with E-state index in [0.717, 1.165) is 0 Å². The largest absolute Gasteiger partial charge is 0.130 e. The van der Waals surface area contributed by atoms with Crippen LogP contribution in [-0.2, 0) is 6.42 Å². The first kappa shape index (κ1) is 11.8. The molecule has 0 amide bonds. The summed E-state index contributed by atoms with van der Waals surface area (Å²) in [4.78, 5) is 1.18. The van der Waals surface area contributed by atoms with Crippen molar-refractivity contribution < 1.29 is 0 Å². The van der Waals surface area contributed by atoms with Crippen molar-refractivity contribution in [3.63, 3.8) is 0 Å². The van der Waals surface area contributed by atoms with Gasteiger partial charge in [-0.15, -0.1) is 11.8 Å². The van der Waals surface area contributed by atoms with Crippen molar-refractivity contribution >= 4 is 16.7 Å². The predicted molar refractivity (Wildman–Crippen MR) is 75.0 cm³/mol. The first-order chi connectivity index (χ1) is 7.72. The van der Waals surface area contributed by atoms with E-state index in [9.17, 15) is 0 Å². The number of fused-ring (bicyclic) bond motifs is 1. The average Bonchev–Trinajstić information content (AvgIpc) is 2.50. The van der Waals surface area contributed by atoms with Crippen LogP contribution in [0.3, 0.4) is 0 Å². The second-order valence-electron chi connectivity index (χ2n) is 4.69. The van der Waals surface area contributed by atoms with E-state index in [-0.39, 0.29) is 0 Å². The first-order valence-corrected chi connectivity index (χ1v) is 7.31. The van der Waals surface area contributed by atoms with E-state index in [1.807, 2.05) is 0 Å². The molecule has 1 aromatic rings. The lowest BCUT2D eigenvalue weighted by Gasteiger charge is -2.14. The van der Waals surface area contributed by atoms with Crippen molar-refractivity contribution in [3.05, 3.63) is 41.5 Å². The van der Waals surface area contributed by atoms with Gasteiger partial charge in [-0.25, -0.2) is 0 Å². The number of aryl methyl sites for hydroxylation is 1. The molecule has 0 saturated carbocycles. The zero-order valence-corrected chi connectivity index (χ0v) is 11.1. The number of hydrogen-bond donors (Lipinski definition) is 0. The number of thioether (sulfide) groups is 1. The minimum Gasteiger partial charge on any atom is -0.130 e. The minimum absolute atomic E-state index is 0.715. The van der Waals surface area contributed by atoms with E-state index in [4.69, 9.17) is 0 Å². The Kier molecular flexibility index (Phi) is 3.75. The SMILES string of the molecule is C=C(SC)c1ccc2c(c1)C(C)CCCC2. The summed E-state index contributed by atoms with van der Waals surface area (Å²) >= 11 is 1.74. The summed E-state index contributed by atoms with van der Waals surface area (Å²) in [5.41, 5.74) is 4.42. The summed E-state index contributed by atoms with van der Waals surface area (Å²) in [6.07, 6.45) is 7.40. The normalized spacial score (nSPS) is 20.0. The Balaban J connectivity index is 2.39. The molecule has 0 radical (unpaired) electrons. The van der Waals surface area contributed by atoms with Crippen LogP contribution < -0.4 is 0 Å². The molecule has 0 fully saturated rings. The lowest BCUT2D eigenvalue weighted by atomic mass is 9.92. The number of benzene rings is 1. The standard InChI is InChI=1S/C15H20S/c1-11-6-4-5-7-13-8-9-14(10-15(11)13)12(2)16-3/h8-11H,2,4-7H2,1,3H3. The fraction of sp³-hybridized carbons (Fsp3) is 0.467. The predicted octanol–water partition coefficient (Wildman–Crippen LogP) is 4.85. The Bertz CT molecular complexity index is 392. The van der Waals surface area contributed by atoms with Crippen LogP contribution in [0.1, 0.15) is 48.8 Å². The fourth-order valence-corrected chi connectivity index (χ4v) is 2.86. The van der Waals surface area contributed by atoms with E-state index in [0.29, 0.717) is 5.92 Å². The smallest absolute Gasteiger partial charge is 0.00698 e. The van der Waals surface area contributed by atoms with Crippen LogP contribution in [-0.4, -0.2) is 6.26 Å². The molecule has 16 heavy (non-hydrogen) atoms. The molecule has 1 heteroatoms. The van der Waals surface area contributed by atoms with E-state index in [2.05, 4.69) is 38.0 Å². The topological polar surface area (TPSA) is 0 Å². The van der Waals surface area contributed by atoms with Gasteiger partial charge in [-0.3, -0.25) is 0 Å². The molecule has 86 valence electrons. The summed E-state index contributed by atoms with van der Waals surface area (Å²) in [5, 5.41) is 0. The maximum Gasteiger partial charge on any atom is 0.00698 e. The van der Waals surface area contributed by atoms with Crippen molar-refractivity contribution in [2.75, 3.05) is 6.26 Å². The van der Waals surface area contributed by atoms with Crippen molar-refractivity contribution in [2.24, 2.45) is 0 Å². The Hall–Kier alpha value is -0.690. The van der Waals surface area contributed by atoms with Crippen molar-refractivity contribution in [3.8, 4) is 0 Å². The van der Waals surface area contributed by atoms with Gasteiger partial charge in [0, 0.05) is 4.91 Å². The van der Waals surface area contributed by atoms with Crippen molar-refractivity contribution in [2.45, 2.75) is 38.5 Å². The summed E-state index contributed by atoms with van der Waals surface area (Å²) in [7, 11) is 0. The van der Waals surface area contributed by atoms with Crippen LogP contribution >= 0.6 is 11.8 Å². The van der Waals surface area contributed by atoms with Crippen LogP contribution in [0.2, 0.25) is 0 Å². The van der Waals surface area contributed by atoms with Gasteiger partial charge in [0.05, 0.1) is 0 Å². The van der Waals surface area contributed by atoms with Crippen molar-refractivity contribution in [1.82, 2.24) is 0 Å². The molecular formula is C15H20S. The van der Waals surface area contributed by atoms with E-state index < -0.39 is 0 Å². The van der Waals surface area contributed by atoms with Crippen molar-refractivity contribution in [1.29, 1.82) is 0 Å². The third-order valence-electron chi connectivity index (χ3n) is 3.58. The van der Waals surface area contributed by atoms with E-state index in [1.165, 1.54) is 36.2 Å². The van der Waals surface area contributed by atoms with Gasteiger partial charge in [0.2, 0.25) is 0 Å². The molecule has 1 atom stereocenters. The van der Waals surface area contributed by atoms with Crippen LogP contribution in [0, 0.1) is 0 Å². The molecule has 0 N–H and O–H groups in total. The Morgan fingerprint density at radius 3 is 2.94 bits per heavy atom. The quantitative estimate of drug-likeness (QED) is 0.657. The Morgan fingerprint density at radius 1 is 1.38 bits per heavy atom. The van der Waals surface area contributed by atoms with Gasteiger partial charge in [-0.2, -0.15) is 0 Å². The molecule has 2 rings (SSSR count). The third-order valence-corrected chi connectivity index (χ3v) is 4.31. The Morgan fingerprint density at radius 2 is 2.19 bits per heavy atom. The molecule has 0 bridgehead atoms. The van der Waals surface area contributed by atoms with Gasteiger partial charge < -0.3 is 0 Å². The lowest BCUT2D eigenvalue weighted by molar-refractivity contribution is 0.635. The molecular weight excluding hydrogens is 212 g/mol. The zero-order valence-electron chi connectivity index (χ0n) is 10.3. The van der Waals surface area contributed by atoms with Crippen LogP contribution in [0.4, 0.5) is 0 Å². The third kappa shape index (κ3) is 2.35. The first-order valence-electron chi connectivity index (χ1n) is 6.08. The fourth-order valence-electron chi connectivity index (χ4n) is 2.49. The van der Waals surface area contributed by atoms with Gasteiger partial charge in [-0.05, 0) is 48.1 Å². The highest BCUT2D eigenvalue weighted by atomic mass is 32.2. The molecule has 0 aliphatic heterocycles. The molecule has 0 nitrogen and oxygen atoms in total. The van der Waals surface area contributed by atoms with Gasteiger partial charge >= 0.3 is 0 Å². The molecule has 1 unspecified atom stereocenters. The van der Waals surface area contributed by atoms with Gasteiger partial charge in [-0.1, -0.05) is 38.1 Å². The highest BCUT2D eigenvalue weighted by Gasteiger charge is 2.15. The summed E-state index contributed by atoms with van der Waals surface area (Å²) in [6, 6.07) is 6.91. The maximum absolute atomic E-state index is 4.10.